The van der Waals surface area contributed by atoms with E-state index in [4.69, 9.17) is 4.74 Å². The van der Waals surface area contributed by atoms with Gasteiger partial charge in [-0.05, 0) is 56.6 Å². The zero-order valence-corrected chi connectivity index (χ0v) is 17.6. The van der Waals surface area contributed by atoms with E-state index >= 15 is 0 Å². The molecule has 3 atom stereocenters. The number of amides is 1. The maximum atomic E-state index is 12.9. The molecule has 30 heavy (non-hydrogen) atoms. The summed E-state index contributed by atoms with van der Waals surface area (Å²) in [6.07, 6.45) is 2.22. The van der Waals surface area contributed by atoms with Crippen LogP contribution in [0.1, 0.15) is 30.0 Å². The number of benzene rings is 2. The van der Waals surface area contributed by atoms with Crippen molar-refractivity contribution in [3.63, 3.8) is 0 Å². The van der Waals surface area contributed by atoms with E-state index in [0.717, 1.165) is 28.8 Å². The number of allylic oxidation sites excluding steroid dienone is 1. The first-order valence-corrected chi connectivity index (χ1v) is 10.3. The molecule has 4 rings (SSSR count). The van der Waals surface area contributed by atoms with E-state index in [0.29, 0.717) is 19.4 Å². The van der Waals surface area contributed by atoms with Crippen LogP contribution in [0.2, 0.25) is 0 Å². The van der Waals surface area contributed by atoms with Crippen LogP contribution in [-0.4, -0.2) is 37.5 Å². The van der Waals surface area contributed by atoms with Gasteiger partial charge in [0.2, 0.25) is 5.91 Å². The molecule has 156 valence electrons. The first kappa shape index (κ1) is 20.4. The molecule has 2 fully saturated rings. The van der Waals surface area contributed by atoms with Crippen LogP contribution in [0.3, 0.4) is 0 Å². The van der Waals surface area contributed by atoms with Crippen molar-refractivity contribution >= 4 is 17.6 Å². The van der Waals surface area contributed by atoms with Crippen LogP contribution in [0.15, 0.2) is 66.7 Å². The largest absolute Gasteiger partial charge is 0.465 e. The van der Waals surface area contributed by atoms with E-state index in [1.807, 2.05) is 73.6 Å². The molecule has 0 aromatic heterocycles. The summed E-state index contributed by atoms with van der Waals surface area (Å²) in [4.78, 5) is 27.3. The molecule has 5 nitrogen and oxygen atoms in total. The molecule has 2 aromatic rings. The van der Waals surface area contributed by atoms with Crippen molar-refractivity contribution in [3.05, 3.63) is 77.9 Å². The van der Waals surface area contributed by atoms with Crippen molar-refractivity contribution in [1.82, 2.24) is 4.90 Å². The van der Waals surface area contributed by atoms with Gasteiger partial charge in [-0.25, -0.2) is 0 Å². The SMILES string of the molecule is C=C1CC2COC(=O)C2(Cc2ccc(NC(=O)C(c3ccccc3)N(C)C)cc2)C1. The molecule has 1 aliphatic heterocycles. The second kappa shape index (κ2) is 8.07. The van der Waals surface area contributed by atoms with Gasteiger partial charge in [-0.3, -0.25) is 14.5 Å². The van der Waals surface area contributed by atoms with E-state index < -0.39 is 5.41 Å². The minimum atomic E-state index is -0.467. The maximum absolute atomic E-state index is 12.9. The number of carbonyl (C=O) groups excluding carboxylic acids is 2. The highest BCUT2D eigenvalue weighted by molar-refractivity contribution is 5.95. The summed E-state index contributed by atoms with van der Waals surface area (Å²) in [5, 5.41) is 3.02. The Morgan fingerprint density at radius 3 is 2.57 bits per heavy atom. The van der Waals surface area contributed by atoms with Crippen LogP contribution in [0.5, 0.6) is 0 Å². The summed E-state index contributed by atoms with van der Waals surface area (Å²) in [7, 11) is 3.79. The fourth-order valence-electron chi connectivity index (χ4n) is 4.86. The Bertz CT molecular complexity index is 952. The molecule has 1 saturated heterocycles. The third-order valence-electron chi connectivity index (χ3n) is 6.33. The number of nitrogens with one attached hydrogen (secondary N) is 1. The molecular weight excluding hydrogens is 376 g/mol. The normalized spacial score (nSPS) is 23.9. The summed E-state index contributed by atoms with van der Waals surface area (Å²) in [6, 6.07) is 17.1. The first-order valence-electron chi connectivity index (χ1n) is 10.3. The number of fused-ring (bicyclic) bond motifs is 1. The molecule has 5 heteroatoms. The quantitative estimate of drug-likeness (QED) is 0.584. The maximum Gasteiger partial charge on any atom is 0.313 e. The molecule has 1 amide bonds. The van der Waals surface area contributed by atoms with Crippen LogP contribution >= 0.6 is 0 Å². The monoisotopic (exact) mass is 404 g/mol. The van der Waals surface area contributed by atoms with Crippen molar-refractivity contribution in [2.75, 3.05) is 26.0 Å². The number of ether oxygens (including phenoxy) is 1. The van der Waals surface area contributed by atoms with Crippen molar-refractivity contribution in [2.45, 2.75) is 25.3 Å². The van der Waals surface area contributed by atoms with Gasteiger partial charge in [0, 0.05) is 11.6 Å². The summed E-state index contributed by atoms with van der Waals surface area (Å²) >= 11 is 0. The molecular formula is C25H28N2O3. The van der Waals surface area contributed by atoms with Crippen molar-refractivity contribution < 1.29 is 14.3 Å². The van der Waals surface area contributed by atoms with Crippen LogP contribution in [0.25, 0.3) is 0 Å². The standard InChI is InChI=1S/C25H28N2O3/c1-17-13-20-16-30-24(29)25(20,14-17)15-18-9-11-21(12-10-18)26-23(28)22(27(2)3)19-7-5-4-6-8-19/h4-12,20,22H,1,13-16H2,2-3H3,(H,26,28). The second-order valence-corrected chi connectivity index (χ2v) is 8.72. The van der Waals surface area contributed by atoms with Crippen LogP contribution < -0.4 is 5.32 Å². The average molecular weight is 405 g/mol. The van der Waals surface area contributed by atoms with Gasteiger partial charge in [0.25, 0.3) is 0 Å². The summed E-state index contributed by atoms with van der Waals surface area (Å²) < 4.78 is 5.37. The highest BCUT2D eigenvalue weighted by Gasteiger charge is 2.55. The molecule has 2 aliphatic rings. The first-order chi connectivity index (χ1) is 14.4. The van der Waals surface area contributed by atoms with Gasteiger partial charge in [-0.15, -0.1) is 0 Å². The van der Waals surface area contributed by atoms with Crippen molar-refractivity contribution in [2.24, 2.45) is 11.3 Å². The molecule has 1 aliphatic carbocycles. The number of cyclic esters (lactones) is 1. The number of carbonyl (C=O) groups is 2. The lowest BCUT2D eigenvalue weighted by molar-refractivity contribution is -0.146. The average Bonchev–Trinajstić information content (AvgIpc) is 3.18. The van der Waals surface area contributed by atoms with Gasteiger partial charge < -0.3 is 10.1 Å². The third kappa shape index (κ3) is 3.77. The fraction of sp³-hybridized carbons (Fsp3) is 0.360. The number of esters is 1. The highest BCUT2D eigenvalue weighted by atomic mass is 16.5. The molecule has 1 heterocycles. The van der Waals surface area contributed by atoms with Crippen LogP contribution in [-0.2, 0) is 20.7 Å². The minimum Gasteiger partial charge on any atom is -0.465 e. The Hall–Kier alpha value is -2.92. The van der Waals surface area contributed by atoms with Gasteiger partial charge >= 0.3 is 5.97 Å². The third-order valence-corrected chi connectivity index (χ3v) is 6.33. The molecule has 1 saturated carbocycles. The smallest absolute Gasteiger partial charge is 0.313 e. The molecule has 0 spiro atoms. The van der Waals surface area contributed by atoms with E-state index in [1.54, 1.807) is 0 Å². The Morgan fingerprint density at radius 1 is 1.20 bits per heavy atom. The van der Waals surface area contributed by atoms with Crippen molar-refractivity contribution in [3.8, 4) is 0 Å². The highest BCUT2D eigenvalue weighted by Crippen LogP contribution is 2.52. The topological polar surface area (TPSA) is 58.6 Å². The van der Waals surface area contributed by atoms with Crippen molar-refractivity contribution in [1.29, 1.82) is 0 Å². The van der Waals surface area contributed by atoms with E-state index in [1.165, 1.54) is 0 Å². The Kier molecular flexibility index (Phi) is 5.48. The van der Waals surface area contributed by atoms with Crippen LogP contribution in [0, 0.1) is 11.3 Å². The van der Waals surface area contributed by atoms with Gasteiger partial charge in [-0.1, -0.05) is 54.6 Å². The van der Waals surface area contributed by atoms with Gasteiger partial charge in [0.1, 0.15) is 6.04 Å². The van der Waals surface area contributed by atoms with E-state index in [2.05, 4.69) is 11.9 Å². The van der Waals surface area contributed by atoms with Crippen LogP contribution in [0.4, 0.5) is 5.69 Å². The molecule has 2 aromatic carbocycles. The predicted octanol–water partition coefficient (Wildman–Crippen LogP) is 3.98. The summed E-state index contributed by atoms with van der Waals surface area (Å²) in [5.41, 5.74) is 3.42. The number of rotatable bonds is 6. The number of likely N-dealkylation sites (N-methyl/N-ethyl adjacent to an activating group) is 1. The van der Waals surface area contributed by atoms with Gasteiger partial charge in [-0.2, -0.15) is 0 Å². The number of hydrogen-bond acceptors (Lipinski definition) is 4. The molecule has 1 N–H and O–H groups in total. The Labute approximate surface area is 177 Å². The molecule has 0 radical (unpaired) electrons. The lowest BCUT2D eigenvalue weighted by Gasteiger charge is -2.25. The Balaban J connectivity index is 1.47. The number of hydrogen-bond donors (Lipinski definition) is 1. The minimum absolute atomic E-state index is 0.0796. The summed E-state index contributed by atoms with van der Waals surface area (Å²) in [5.74, 6) is 0.0490. The summed E-state index contributed by atoms with van der Waals surface area (Å²) in [6.45, 7) is 4.60. The zero-order chi connectivity index (χ0) is 21.3. The number of anilines is 1. The van der Waals surface area contributed by atoms with Gasteiger partial charge in [0.15, 0.2) is 0 Å². The lowest BCUT2D eigenvalue weighted by atomic mass is 9.75. The van der Waals surface area contributed by atoms with E-state index in [-0.39, 0.29) is 23.8 Å². The molecule has 0 bridgehead atoms. The Morgan fingerprint density at radius 2 is 1.90 bits per heavy atom. The van der Waals surface area contributed by atoms with E-state index in [9.17, 15) is 9.59 Å². The molecule has 3 unspecified atom stereocenters. The lowest BCUT2D eigenvalue weighted by Crippen LogP contribution is -2.32. The number of nitrogens with zero attached hydrogens (tertiary/aromatic N) is 1. The fourth-order valence-corrected chi connectivity index (χ4v) is 4.86. The van der Waals surface area contributed by atoms with Gasteiger partial charge in [0.05, 0.1) is 12.0 Å². The predicted molar refractivity (Wildman–Crippen MR) is 117 cm³/mol. The zero-order valence-electron chi connectivity index (χ0n) is 17.6. The second-order valence-electron chi connectivity index (χ2n) is 8.72.